The zero-order valence-electron chi connectivity index (χ0n) is 23.3. The van der Waals surface area contributed by atoms with E-state index in [0.29, 0.717) is 17.2 Å². The summed E-state index contributed by atoms with van der Waals surface area (Å²) in [6.07, 6.45) is 0.330. The third kappa shape index (κ3) is 5.40. The maximum absolute atomic E-state index is 13.3. The molecule has 20 heteroatoms. The number of carbonyl (C=O) groups is 4. The molecule has 6 rings (SSSR count). The Morgan fingerprint density at radius 3 is 2.73 bits per heavy atom. The molecule has 0 radical (unpaired) electrons. The van der Waals surface area contributed by atoms with Crippen molar-refractivity contribution in [1.29, 1.82) is 0 Å². The van der Waals surface area contributed by atoms with Crippen molar-refractivity contribution in [3.05, 3.63) is 39.6 Å². The third-order valence-corrected chi connectivity index (χ3v) is 9.88. The maximum Gasteiger partial charge on any atom is 0.351 e. The van der Waals surface area contributed by atoms with E-state index in [1.54, 1.807) is 10.8 Å². The lowest BCUT2D eigenvalue weighted by molar-refractivity contribution is -0.664. The smallest absolute Gasteiger partial charge is 0.351 e. The van der Waals surface area contributed by atoms with Crippen molar-refractivity contribution >= 4 is 86.4 Å². The predicted molar refractivity (Wildman–Crippen MR) is 160 cm³/mol. The molecule has 6 heterocycles. The molecule has 0 bridgehead atoms. The van der Waals surface area contributed by atoms with Gasteiger partial charge in [0.1, 0.15) is 33.5 Å². The second-order valence-corrected chi connectivity index (χ2v) is 13.0. The second kappa shape index (κ2) is 11.8. The van der Waals surface area contributed by atoms with Crippen LogP contribution >= 0.6 is 34.7 Å². The van der Waals surface area contributed by atoms with Gasteiger partial charge in [-0.25, -0.2) is 14.3 Å². The van der Waals surface area contributed by atoms with Crippen LogP contribution in [0.3, 0.4) is 0 Å². The first-order chi connectivity index (χ1) is 21.5. The number of rotatable bonds is 10. The Kier molecular flexibility index (Phi) is 8.02. The van der Waals surface area contributed by atoms with Gasteiger partial charge in [-0.05, 0) is 24.0 Å². The van der Waals surface area contributed by atoms with Crippen LogP contribution in [0.15, 0.2) is 34.8 Å². The number of fused-ring (bicyclic) bond motifs is 2. The Hall–Kier alpha value is -4.46. The zero-order chi connectivity index (χ0) is 32.2. The molecule has 236 valence electrons. The van der Waals surface area contributed by atoms with Gasteiger partial charge >= 0.3 is 17.6 Å². The number of oxime groups is 1. The van der Waals surface area contributed by atoms with Crippen LogP contribution in [0.2, 0.25) is 4.34 Å². The lowest BCUT2D eigenvalue weighted by Crippen LogP contribution is -2.71. The number of hydrogen-bond donors (Lipinski definition) is 5. The Bertz CT molecular complexity index is 1820. The number of nitrogens with zero attached hydrogens (tertiary/aromatic N) is 6. The number of nitrogens with one attached hydrogen (secondary N) is 2. The first-order valence-corrected chi connectivity index (χ1v) is 15.6. The summed E-state index contributed by atoms with van der Waals surface area (Å²) < 4.78 is 3.69. The number of amides is 2. The van der Waals surface area contributed by atoms with Crippen molar-refractivity contribution in [2.24, 2.45) is 5.16 Å². The Morgan fingerprint density at radius 2 is 2.11 bits per heavy atom. The Balaban J connectivity index is 1.25. The molecule has 3 aromatic heterocycles. The van der Waals surface area contributed by atoms with E-state index in [9.17, 15) is 24.3 Å². The molecule has 3 aliphatic heterocycles. The quantitative estimate of drug-likeness (QED) is 0.0678. The third-order valence-electron chi connectivity index (χ3n) is 7.45. The summed E-state index contributed by atoms with van der Waals surface area (Å²) in [6.45, 7) is 2.80. The molecule has 3 atom stereocenters. The molecule has 0 aliphatic carbocycles. The van der Waals surface area contributed by atoms with Gasteiger partial charge in [-0.15, -0.1) is 11.8 Å². The molecule has 17 nitrogen and oxygen atoms in total. The van der Waals surface area contributed by atoms with Crippen molar-refractivity contribution < 1.29 is 38.8 Å². The minimum atomic E-state index is -1.55. The van der Waals surface area contributed by atoms with Crippen LogP contribution in [0, 0.1) is 0 Å². The SMILES string of the molecule is C[C@H](O/N=C(\C(=O)NC1C(=O)N2C(C(=O)[O-])=C(C[n+]3cccc4c3nc(N)n4C3CNC3)CS[C@H]12)c1nc(N)sc1Cl)C(=O)O. The highest BCUT2D eigenvalue weighted by molar-refractivity contribution is 8.00. The number of pyridine rings is 1. The highest BCUT2D eigenvalue weighted by atomic mass is 35.5. The molecule has 0 spiro atoms. The Labute approximate surface area is 266 Å². The molecular formula is C25H25ClN10O7S2. The number of thioether (sulfide) groups is 1. The van der Waals surface area contributed by atoms with Gasteiger partial charge in [0, 0.05) is 24.4 Å². The van der Waals surface area contributed by atoms with Gasteiger partial charge in [-0.3, -0.25) is 19.1 Å². The van der Waals surface area contributed by atoms with E-state index in [4.69, 9.17) is 33.0 Å². The number of nitrogens with two attached hydrogens (primary N) is 2. The van der Waals surface area contributed by atoms with E-state index in [-0.39, 0.29) is 39.2 Å². The standard InChI is InChI=1S/C25H25ClN10O7S2/c1-9(22(39)40)43-33-14(13-17(26)45-25(28)31-13)19(37)30-15-20(38)36-16(23(41)42)10(8-44-21(15)36)7-34-4-2-3-12-18(34)32-24(27)35(12)11-5-29-6-11/h2-4,9,11,15,21,27,29H,5-8H2,1H3,(H5,28,30,31,37,39,40,41,42)/b33-14-/t9-,15?,21+/m0/s1. The normalized spacial score (nSPS) is 20.8. The lowest BCUT2D eigenvalue weighted by Gasteiger charge is -2.50. The number of imidazole rings is 1. The van der Waals surface area contributed by atoms with Crippen LogP contribution in [0.1, 0.15) is 18.7 Å². The topological polar surface area (TPSA) is 247 Å². The fourth-order valence-electron chi connectivity index (χ4n) is 5.13. The number of β-lactam (4-membered cyclic amide) rings is 1. The fraction of sp³-hybridized carbons (Fsp3) is 0.360. The predicted octanol–water partition coefficient (Wildman–Crippen LogP) is -1.96. The Morgan fingerprint density at radius 1 is 1.36 bits per heavy atom. The van der Waals surface area contributed by atoms with Crippen LogP contribution in [-0.2, 0) is 30.6 Å². The average molecular weight is 677 g/mol. The molecule has 2 fully saturated rings. The molecule has 0 aromatic carbocycles. The van der Waals surface area contributed by atoms with Crippen molar-refractivity contribution in [3.63, 3.8) is 0 Å². The monoisotopic (exact) mass is 676 g/mol. The van der Waals surface area contributed by atoms with Gasteiger partial charge in [0.25, 0.3) is 11.8 Å². The van der Waals surface area contributed by atoms with Crippen molar-refractivity contribution in [2.75, 3.05) is 30.3 Å². The number of anilines is 2. The number of hydrogen-bond acceptors (Lipinski definition) is 14. The second-order valence-electron chi connectivity index (χ2n) is 10.3. The number of carbonyl (C=O) groups excluding carboxylic acids is 3. The number of thiazole rings is 1. The van der Waals surface area contributed by atoms with Crippen molar-refractivity contribution in [1.82, 2.24) is 30.1 Å². The largest absolute Gasteiger partial charge is 0.543 e. The minimum Gasteiger partial charge on any atom is -0.543 e. The van der Waals surface area contributed by atoms with E-state index >= 15 is 0 Å². The number of carboxylic acid groups (broad SMARTS) is 2. The number of carboxylic acids is 2. The summed E-state index contributed by atoms with van der Waals surface area (Å²) in [5, 5.41) is 30.1. The minimum absolute atomic E-state index is 0.00911. The highest BCUT2D eigenvalue weighted by Crippen LogP contribution is 2.40. The summed E-state index contributed by atoms with van der Waals surface area (Å²) in [7, 11) is 0. The summed E-state index contributed by atoms with van der Waals surface area (Å²) in [5.41, 5.74) is 12.7. The molecule has 3 aromatic rings. The van der Waals surface area contributed by atoms with Crippen molar-refractivity contribution in [2.45, 2.75) is 37.0 Å². The average Bonchev–Trinajstić information content (AvgIpc) is 3.48. The molecule has 45 heavy (non-hydrogen) atoms. The summed E-state index contributed by atoms with van der Waals surface area (Å²) in [5.74, 6) is -4.01. The van der Waals surface area contributed by atoms with E-state index in [1.807, 2.05) is 16.7 Å². The van der Waals surface area contributed by atoms with Crippen LogP contribution in [-0.4, -0.2) is 90.4 Å². The molecular weight excluding hydrogens is 652 g/mol. The van der Waals surface area contributed by atoms with E-state index in [1.165, 1.54) is 18.7 Å². The van der Waals surface area contributed by atoms with E-state index in [2.05, 4.69) is 25.8 Å². The van der Waals surface area contributed by atoms with E-state index in [0.717, 1.165) is 34.8 Å². The van der Waals surface area contributed by atoms with E-state index < -0.39 is 47.0 Å². The van der Waals surface area contributed by atoms with Gasteiger partial charge in [-0.2, -0.15) is 0 Å². The fourth-order valence-corrected chi connectivity index (χ4v) is 7.40. The first-order valence-electron chi connectivity index (χ1n) is 13.4. The van der Waals surface area contributed by atoms with Crippen LogP contribution < -0.4 is 31.8 Å². The van der Waals surface area contributed by atoms with Crippen LogP contribution in [0.5, 0.6) is 0 Å². The maximum atomic E-state index is 13.3. The number of aromatic nitrogens is 4. The highest BCUT2D eigenvalue weighted by Gasteiger charge is 2.53. The number of aliphatic carboxylic acids is 2. The molecule has 1 unspecified atom stereocenters. The van der Waals surface area contributed by atoms with Crippen LogP contribution in [0.4, 0.5) is 11.1 Å². The number of halogens is 1. The molecule has 7 N–H and O–H groups in total. The molecule has 2 amide bonds. The summed E-state index contributed by atoms with van der Waals surface area (Å²) in [6, 6.07) is 2.70. The summed E-state index contributed by atoms with van der Waals surface area (Å²) in [4.78, 5) is 64.7. The lowest BCUT2D eigenvalue weighted by atomic mass is 10.0. The van der Waals surface area contributed by atoms with Crippen LogP contribution in [0.25, 0.3) is 11.2 Å². The van der Waals surface area contributed by atoms with Gasteiger partial charge in [0.2, 0.25) is 6.10 Å². The van der Waals surface area contributed by atoms with Crippen molar-refractivity contribution in [3.8, 4) is 0 Å². The van der Waals surface area contributed by atoms with Gasteiger partial charge in [0.05, 0.1) is 23.9 Å². The van der Waals surface area contributed by atoms with Gasteiger partial charge < -0.3 is 41.9 Å². The number of nitrogen functional groups attached to an aromatic ring is 2. The molecule has 3 aliphatic rings. The summed E-state index contributed by atoms with van der Waals surface area (Å²) >= 11 is 8.26. The van der Waals surface area contributed by atoms with Gasteiger partial charge in [0.15, 0.2) is 10.8 Å². The molecule has 2 saturated heterocycles. The molecule has 0 saturated carbocycles. The first kappa shape index (κ1) is 30.6. The van der Waals surface area contributed by atoms with Gasteiger partial charge in [-0.1, -0.05) is 28.1 Å². The zero-order valence-corrected chi connectivity index (χ0v) is 25.7.